The molecule has 0 spiro atoms. The molecule has 0 N–H and O–H groups in total. The predicted octanol–water partition coefficient (Wildman–Crippen LogP) is 12.8. The highest BCUT2D eigenvalue weighted by Gasteiger charge is 2.61. The summed E-state index contributed by atoms with van der Waals surface area (Å²) in [7, 11) is -6.53. The van der Waals surface area contributed by atoms with Crippen molar-refractivity contribution >= 4 is 10.1 Å². The van der Waals surface area contributed by atoms with Crippen LogP contribution in [0.1, 0.15) is 50.8 Å². The second kappa shape index (κ2) is 36.0. The molecule has 4 fully saturated rings. The SMILES string of the molecule is C=CCO[C@@H]1O[C@H](COCc2ccccc2)[C@@H](OCc2ccccc2)[C@H](OCc2ccccc2)[C@@H]1O[C@@H]1O[C@H](COCc2ccccc2)[C@@H](OCc2ccccc2)[C@H](OCc2ccccc2)[C@@H]1O[C@@H]1O[C@@H]2CO[C@@H](c3ccccc3)O[C@H]2[C@H](OCc2ccccc2)[C@H]1OS(=O)(=O)C(F)(F)F. The first-order chi connectivity index (χ1) is 48.9. The first-order valence-electron chi connectivity index (χ1n) is 33.3. The third-order valence-corrected chi connectivity index (χ3v) is 18.3. The summed E-state index contributed by atoms with van der Waals surface area (Å²) >= 11 is 0. The van der Waals surface area contributed by atoms with E-state index in [1.54, 1.807) is 66.7 Å². The second-order valence-corrected chi connectivity index (χ2v) is 26.0. The van der Waals surface area contributed by atoms with Gasteiger partial charge in [0.25, 0.3) is 0 Å². The zero-order chi connectivity index (χ0) is 68.9. The van der Waals surface area contributed by atoms with Gasteiger partial charge in [-0.15, -0.1) is 6.58 Å². The quantitative estimate of drug-likeness (QED) is 0.0215. The maximum absolute atomic E-state index is 15.2. The van der Waals surface area contributed by atoms with E-state index in [0.717, 1.165) is 27.8 Å². The van der Waals surface area contributed by atoms with Gasteiger partial charge in [-0.2, -0.15) is 21.6 Å². The van der Waals surface area contributed by atoms with Crippen molar-refractivity contribution in [3.8, 4) is 0 Å². The summed E-state index contributed by atoms with van der Waals surface area (Å²) in [6, 6.07) is 74.4. The van der Waals surface area contributed by atoms with E-state index in [2.05, 4.69) is 6.58 Å². The van der Waals surface area contributed by atoms with Crippen LogP contribution in [0.4, 0.5) is 13.2 Å². The van der Waals surface area contributed by atoms with Gasteiger partial charge in [0.2, 0.25) is 0 Å². The van der Waals surface area contributed by atoms with Crippen LogP contribution in [0, 0.1) is 0 Å². The molecule has 528 valence electrons. The number of hydrogen-bond acceptors (Lipinski definition) is 18. The van der Waals surface area contributed by atoms with Crippen molar-refractivity contribution in [3.05, 3.63) is 300 Å². The first-order valence-corrected chi connectivity index (χ1v) is 34.7. The third kappa shape index (κ3) is 19.6. The van der Waals surface area contributed by atoms with Crippen LogP contribution in [0.25, 0.3) is 0 Å². The molecule has 18 nitrogen and oxygen atoms in total. The third-order valence-electron chi connectivity index (χ3n) is 17.2. The number of ether oxygens (including phenoxy) is 15. The van der Waals surface area contributed by atoms with Crippen LogP contribution < -0.4 is 0 Å². The summed E-state index contributed by atoms with van der Waals surface area (Å²) in [5, 5.41) is 0. The molecule has 4 saturated heterocycles. The Kier molecular flexibility index (Phi) is 26.0. The van der Waals surface area contributed by atoms with Gasteiger partial charge < -0.3 is 71.1 Å². The van der Waals surface area contributed by atoms with Crippen molar-refractivity contribution < 1.29 is 96.8 Å². The zero-order valence-electron chi connectivity index (χ0n) is 54.8. The monoisotopic (exact) mass is 1390 g/mol. The molecule has 0 saturated carbocycles. The highest BCUT2D eigenvalue weighted by Crippen LogP contribution is 2.43. The number of fused-ring (bicyclic) bond motifs is 1. The van der Waals surface area contributed by atoms with E-state index in [-0.39, 0.29) is 72.7 Å². The van der Waals surface area contributed by atoms with Gasteiger partial charge in [0.1, 0.15) is 67.1 Å². The minimum absolute atomic E-state index is 0.00670. The van der Waals surface area contributed by atoms with Crippen LogP contribution >= 0.6 is 0 Å². The molecule has 100 heavy (non-hydrogen) atoms. The Bertz CT molecular complexity index is 3790. The fourth-order valence-corrected chi connectivity index (χ4v) is 12.9. The summed E-state index contributed by atoms with van der Waals surface area (Å²) < 4.78 is 182. The lowest BCUT2D eigenvalue weighted by molar-refractivity contribution is -0.411. The number of rotatable bonds is 33. The van der Waals surface area contributed by atoms with E-state index in [0.29, 0.717) is 16.7 Å². The predicted molar refractivity (Wildman–Crippen MR) is 359 cm³/mol. The van der Waals surface area contributed by atoms with Crippen LogP contribution in [0.2, 0.25) is 0 Å². The topological polar surface area (TPSA) is 182 Å². The molecule has 4 aliphatic heterocycles. The molecule has 12 rings (SSSR count). The Labute approximate surface area is 580 Å². The average molecular weight is 1400 g/mol. The van der Waals surface area contributed by atoms with Gasteiger partial charge in [0.05, 0.1) is 72.7 Å². The molecule has 22 heteroatoms. The van der Waals surface area contributed by atoms with Gasteiger partial charge in [-0.1, -0.05) is 249 Å². The Morgan fingerprint density at radius 1 is 0.390 bits per heavy atom. The molecule has 8 aromatic rings. The minimum Gasteiger partial charge on any atom is -0.374 e. The summed E-state index contributed by atoms with van der Waals surface area (Å²) in [5.41, 5.74) is -0.0153. The van der Waals surface area contributed by atoms with Crippen molar-refractivity contribution in [1.82, 2.24) is 0 Å². The van der Waals surface area contributed by atoms with Crippen LogP contribution in [-0.4, -0.2) is 132 Å². The lowest BCUT2D eigenvalue weighted by atomic mass is 9.95. The zero-order valence-corrected chi connectivity index (χ0v) is 55.6. The van der Waals surface area contributed by atoms with Crippen LogP contribution in [0.3, 0.4) is 0 Å². The maximum atomic E-state index is 15.2. The van der Waals surface area contributed by atoms with Crippen molar-refractivity contribution in [2.45, 2.75) is 150 Å². The standard InChI is InChI=1S/C78H81F3O18S/c1-2-43-86-75-71(68(89-48-58-35-19-7-20-36-58)65(87-46-56-31-15-5-16-32-56)62(93-75)51-84-44-54-27-11-3-12-28-54)97-76-72(69(90-49-59-37-21-8-22-38-59)66(88-47-57-33-17-6-18-34-57)63(94-76)52-85-45-55-29-13-4-14-30-55)98-77-73(99-100(82,83)78(79,80)81)70(91-50-60-39-23-9-24-40-60)67-64(95-77)53-92-74(96-67)61-41-25-10-26-42-61/h2-42,62-77H,1,43-53H2/t62-,63-,64-,65-,66-,67-,68+,69+,70+,71+,72+,73-,74-,75-,76+,77+/m1/s1. The number of benzene rings is 8. The summed E-state index contributed by atoms with van der Waals surface area (Å²) in [4.78, 5) is 0. The molecular weight excluding hydrogens is 1310 g/mol. The van der Waals surface area contributed by atoms with Crippen LogP contribution in [0.15, 0.2) is 255 Å². The number of hydrogen-bond donors (Lipinski definition) is 0. The fourth-order valence-electron chi connectivity index (χ4n) is 12.3. The first kappa shape index (κ1) is 72.4. The molecule has 0 bridgehead atoms. The summed E-state index contributed by atoms with van der Waals surface area (Å²) in [6.07, 6.45) is -21.4. The Morgan fingerprint density at radius 2 is 0.730 bits per heavy atom. The molecule has 0 amide bonds. The molecule has 4 heterocycles. The van der Waals surface area contributed by atoms with Gasteiger partial charge >= 0.3 is 15.6 Å². The molecular formula is C78H81F3O18S. The highest BCUT2D eigenvalue weighted by atomic mass is 32.2. The number of alkyl halides is 3. The minimum atomic E-state index is -6.53. The largest absolute Gasteiger partial charge is 0.523 e. The lowest BCUT2D eigenvalue weighted by Gasteiger charge is -2.52. The Morgan fingerprint density at radius 3 is 1.12 bits per heavy atom. The molecule has 8 aromatic carbocycles. The van der Waals surface area contributed by atoms with Crippen molar-refractivity contribution in [3.63, 3.8) is 0 Å². The molecule has 4 aliphatic rings. The van der Waals surface area contributed by atoms with Crippen molar-refractivity contribution in [1.29, 1.82) is 0 Å². The van der Waals surface area contributed by atoms with E-state index in [9.17, 15) is 8.42 Å². The Hall–Kier alpha value is -7.40. The molecule has 0 unspecified atom stereocenters. The molecule has 0 radical (unpaired) electrons. The van der Waals surface area contributed by atoms with Crippen molar-refractivity contribution in [2.75, 3.05) is 26.4 Å². The van der Waals surface area contributed by atoms with Gasteiger partial charge in [0.15, 0.2) is 31.3 Å². The van der Waals surface area contributed by atoms with Crippen LogP contribution in [0.5, 0.6) is 0 Å². The lowest BCUT2D eigenvalue weighted by Crippen LogP contribution is -2.69. The highest BCUT2D eigenvalue weighted by molar-refractivity contribution is 7.87. The van der Waals surface area contributed by atoms with E-state index >= 15 is 13.2 Å². The maximum Gasteiger partial charge on any atom is 0.523 e. The van der Waals surface area contributed by atoms with Gasteiger partial charge in [-0.3, -0.25) is 4.18 Å². The summed E-state index contributed by atoms with van der Waals surface area (Å²) in [6.45, 7) is 3.44. The molecule has 0 aliphatic carbocycles. The van der Waals surface area contributed by atoms with E-state index < -0.39 is 114 Å². The van der Waals surface area contributed by atoms with Gasteiger partial charge in [-0.05, 0) is 38.9 Å². The van der Waals surface area contributed by atoms with E-state index in [1.165, 1.54) is 0 Å². The molecule has 16 atom stereocenters. The Balaban J connectivity index is 1.00. The van der Waals surface area contributed by atoms with Crippen LogP contribution in [-0.2, 0) is 132 Å². The smallest absolute Gasteiger partial charge is 0.374 e. The fraction of sp³-hybridized carbons (Fsp3) is 0.359. The van der Waals surface area contributed by atoms with Crippen molar-refractivity contribution in [2.24, 2.45) is 0 Å². The second-order valence-electron chi connectivity index (χ2n) is 24.4. The normalized spacial score (nSPS) is 27.1. The average Bonchev–Trinajstić information content (AvgIpc) is 0.753. The summed E-state index contributed by atoms with van der Waals surface area (Å²) in [5.74, 6) is 0. The van der Waals surface area contributed by atoms with Gasteiger partial charge in [0, 0.05) is 5.56 Å². The number of halogens is 3. The molecule has 0 aromatic heterocycles. The van der Waals surface area contributed by atoms with E-state index in [4.69, 9.17) is 75.2 Å². The van der Waals surface area contributed by atoms with E-state index in [1.807, 2.05) is 182 Å². The van der Waals surface area contributed by atoms with Gasteiger partial charge in [-0.25, -0.2) is 0 Å².